The second-order valence-electron chi connectivity index (χ2n) is 11.7. The Morgan fingerprint density at radius 2 is 1.92 bits per heavy atom. The van der Waals surface area contributed by atoms with E-state index in [4.69, 9.17) is 10.5 Å². The van der Waals surface area contributed by atoms with Crippen LogP contribution in [0.15, 0.2) is 24.3 Å². The van der Waals surface area contributed by atoms with Crippen molar-refractivity contribution in [2.75, 3.05) is 25.1 Å². The van der Waals surface area contributed by atoms with Crippen molar-refractivity contribution >= 4 is 23.6 Å². The number of nitrogens with zero attached hydrogens (tertiary/aromatic N) is 1. The number of anilines is 1. The van der Waals surface area contributed by atoms with E-state index in [1.807, 2.05) is 52.0 Å². The molecular weight excluding hydrogens is 484 g/mol. The summed E-state index contributed by atoms with van der Waals surface area (Å²) in [5, 5.41) is 16.7. The summed E-state index contributed by atoms with van der Waals surface area (Å²) in [5.41, 5.74) is 7.76. The van der Waals surface area contributed by atoms with Crippen LogP contribution in [0.3, 0.4) is 0 Å². The fourth-order valence-electron chi connectivity index (χ4n) is 5.14. The Balaban J connectivity index is 2.04. The van der Waals surface area contributed by atoms with Crippen LogP contribution in [0.1, 0.15) is 72.3 Å². The van der Waals surface area contributed by atoms with Crippen molar-refractivity contribution in [3.8, 4) is 0 Å². The van der Waals surface area contributed by atoms with E-state index in [0.717, 1.165) is 24.1 Å². The molecule has 9 heteroatoms. The number of hydrogen-bond acceptors (Lipinski definition) is 6. The van der Waals surface area contributed by atoms with Crippen molar-refractivity contribution < 1.29 is 24.2 Å². The lowest BCUT2D eigenvalue weighted by Gasteiger charge is -2.37. The van der Waals surface area contributed by atoms with E-state index in [1.54, 1.807) is 4.90 Å². The first-order valence-electron chi connectivity index (χ1n) is 13.8. The molecule has 38 heavy (non-hydrogen) atoms. The second kappa shape index (κ2) is 14.5. The van der Waals surface area contributed by atoms with E-state index in [9.17, 15) is 19.5 Å². The van der Waals surface area contributed by atoms with Gasteiger partial charge in [-0.05, 0) is 48.6 Å². The van der Waals surface area contributed by atoms with Crippen LogP contribution in [0.5, 0.6) is 0 Å². The topological polar surface area (TPSA) is 134 Å². The molecule has 2 rings (SSSR count). The van der Waals surface area contributed by atoms with E-state index >= 15 is 0 Å². The number of ether oxygens (including phenoxy) is 1. The molecule has 5 N–H and O–H groups in total. The molecule has 3 amide bonds. The molecule has 9 nitrogen and oxygen atoms in total. The molecule has 0 fully saturated rings. The lowest BCUT2D eigenvalue weighted by atomic mass is 9.78. The van der Waals surface area contributed by atoms with Crippen LogP contribution in [0, 0.1) is 17.3 Å². The molecule has 0 aromatic heterocycles. The monoisotopic (exact) mass is 532 g/mol. The second-order valence-corrected chi connectivity index (χ2v) is 11.7. The van der Waals surface area contributed by atoms with Gasteiger partial charge in [-0.1, -0.05) is 59.2 Å². The van der Waals surface area contributed by atoms with E-state index in [2.05, 4.69) is 17.6 Å². The molecule has 4 atom stereocenters. The van der Waals surface area contributed by atoms with Crippen LogP contribution in [-0.2, 0) is 20.7 Å². The van der Waals surface area contributed by atoms with Gasteiger partial charge >= 0.3 is 6.09 Å². The van der Waals surface area contributed by atoms with Crippen molar-refractivity contribution in [2.45, 2.75) is 91.3 Å². The summed E-state index contributed by atoms with van der Waals surface area (Å²) >= 11 is 0. The molecule has 0 spiro atoms. The summed E-state index contributed by atoms with van der Waals surface area (Å²) < 4.78 is 4.75. The molecule has 1 aromatic carbocycles. The highest BCUT2D eigenvalue weighted by Crippen LogP contribution is 2.33. The zero-order valence-corrected chi connectivity index (χ0v) is 24.0. The van der Waals surface area contributed by atoms with Gasteiger partial charge in [0, 0.05) is 37.2 Å². The summed E-state index contributed by atoms with van der Waals surface area (Å²) in [4.78, 5) is 39.8. The van der Waals surface area contributed by atoms with Crippen molar-refractivity contribution in [1.29, 1.82) is 0 Å². The lowest BCUT2D eigenvalue weighted by molar-refractivity contribution is -0.127. The maximum Gasteiger partial charge on any atom is 0.407 e. The number of unbranched alkanes of at least 4 members (excludes halogenated alkanes) is 1. The molecule has 0 unspecified atom stereocenters. The average Bonchev–Trinajstić information content (AvgIpc) is 2.85. The van der Waals surface area contributed by atoms with Gasteiger partial charge in [0.25, 0.3) is 0 Å². The maximum absolute atomic E-state index is 13.5. The molecule has 0 aliphatic carbocycles. The quantitative estimate of drug-likeness (QED) is 0.288. The molecular formula is C29H48N4O5. The third kappa shape index (κ3) is 9.27. The summed E-state index contributed by atoms with van der Waals surface area (Å²) in [6.07, 6.45) is 2.05. The minimum Gasteiger partial charge on any atom is -0.453 e. The third-order valence-corrected chi connectivity index (χ3v) is 7.34. The Bertz CT molecular complexity index is 935. The van der Waals surface area contributed by atoms with Gasteiger partial charge in [0.15, 0.2) is 0 Å². The van der Waals surface area contributed by atoms with Crippen LogP contribution in [-0.4, -0.2) is 61.4 Å². The predicted molar refractivity (Wildman–Crippen MR) is 150 cm³/mol. The number of carbonyl (C=O) groups excluding carboxylic acids is 3. The average molecular weight is 533 g/mol. The number of nitrogens with two attached hydrogens (primary N) is 1. The molecule has 1 aromatic rings. The molecule has 1 aliphatic heterocycles. The van der Waals surface area contributed by atoms with Gasteiger partial charge in [-0.15, -0.1) is 0 Å². The number of fused-ring (bicyclic) bond motifs is 1. The number of aliphatic hydroxyl groups is 1. The number of aliphatic hydroxyl groups excluding tert-OH is 1. The zero-order valence-electron chi connectivity index (χ0n) is 24.0. The van der Waals surface area contributed by atoms with E-state index in [1.165, 1.54) is 7.11 Å². The number of nitrogens with one attached hydrogen (secondary N) is 2. The minimum atomic E-state index is -0.863. The minimum absolute atomic E-state index is 0.0481. The Labute approximate surface area is 227 Å². The van der Waals surface area contributed by atoms with Gasteiger partial charge < -0.3 is 31.1 Å². The van der Waals surface area contributed by atoms with Gasteiger partial charge in [-0.2, -0.15) is 0 Å². The molecule has 1 heterocycles. The molecule has 0 saturated heterocycles. The van der Waals surface area contributed by atoms with Gasteiger partial charge in [0.05, 0.1) is 19.3 Å². The number of hydrogen-bond donors (Lipinski definition) is 4. The van der Waals surface area contributed by atoms with Crippen LogP contribution in [0.2, 0.25) is 0 Å². The van der Waals surface area contributed by atoms with E-state index in [-0.39, 0.29) is 42.5 Å². The van der Waals surface area contributed by atoms with Crippen molar-refractivity contribution in [1.82, 2.24) is 10.6 Å². The Kier molecular flexibility index (Phi) is 12.0. The summed E-state index contributed by atoms with van der Waals surface area (Å²) in [6.45, 7) is 10.9. The maximum atomic E-state index is 13.5. The highest BCUT2D eigenvalue weighted by molar-refractivity contribution is 5.95. The predicted octanol–water partition coefficient (Wildman–Crippen LogP) is 3.37. The number of benzene rings is 1. The number of carbonyl (C=O) groups is 3. The van der Waals surface area contributed by atoms with Gasteiger partial charge in [0.1, 0.15) is 0 Å². The summed E-state index contributed by atoms with van der Waals surface area (Å²) in [7, 11) is 1.32. The molecule has 214 valence electrons. The Hall–Kier alpha value is -2.65. The molecule has 1 aliphatic rings. The normalized spacial score (nSPS) is 17.8. The van der Waals surface area contributed by atoms with Crippen LogP contribution in [0.25, 0.3) is 0 Å². The number of methoxy groups -OCH3 is 1. The molecule has 0 bridgehead atoms. The fraction of sp³-hybridized carbons (Fsp3) is 0.690. The number of rotatable bonds is 13. The summed E-state index contributed by atoms with van der Waals surface area (Å²) in [6, 6.07) is 6.85. The van der Waals surface area contributed by atoms with E-state index in [0.29, 0.717) is 25.9 Å². The number of para-hydroxylation sites is 1. The first-order chi connectivity index (χ1) is 17.9. The van der Waals surface area contributed by atoms with Crippen LogP contribution >= 0.6 is 0 Å². The van der Waals surface area contributed by atoms with E-state index < -0.39 is 23.7 Å². The Morgan fingerprint density at radius 1 is 1.24 bits per heavy atom. The third-order valence-electron chi connectivity index (χ3n) is 7.34. The number of amides is 3. The highest BCUT2D eigenvalue weighted by atomic mass is 16.5. The Morgan fingerprint density at radius 3 is 2.55 bits per heavy atom. The first-order valence-corrected chi connectivity index (χ1v) is 13.8. The first kappa shape index (κ1) is 31.6. The zero-order chi connectivity index (χ0) is 28.5. The molecule has 0 saturated carbocycles. The van der Waals surface area contributed by atoms with Crippen LogP contribution < -0.4 is 21.3 Å². The highest BCUT2D eigenvalue weighted by Gasteiger charge is 2.35. The lowest BCUT2D eigenvalue weighted by Crippen LogP contribution is -2.51. The van der Waals surface area contributed by atoms with Crippen LogP contribution in [0.4, 0.5) is 10.5 Å². The van der Waals surface area contributed by atoms with Gasteiger partial charge in [-0.25, -0.2) is 4.79 Å². The van der Waals surface area contributed by atoms with Gasteiger partial charge in [0.2, 0.25) is 11.8 Å². The molecule has 0 radical (unpaired) electrons. The standard InChI is InChI=1S/C29H48N4O5/c1-7-8-13-31-27(36)22(19(2)3)15-25(34)23(30)16-29(4,5)17-26(35)33-18-21(32-28(37)38-6)14-20-11-9-10-12-24(20)33/h9-12,19,21-23,25,34H,7-8,13-18,30H2,1-6H3,(H,31,36)(H,32,37)/t21-,22+,23+,25+/m1/s1. The van der Waals surface area contributed by atoms with Crippen molar-refractivity contribution in [3.05, 3.63) is 29.8 Å². The van der Waals surface area contributed by atoms with Crippen molar-refractivity contribution in [2.24, 2.45) is 23.0 Å². The van der Waals surface area contributed by atoms with Crippen molar-refractivity contribution in [3.63, 3.8) is 0 Å². The number of alkyl carbamates (subject to hydrolysis) is 1. The van der Waals surface area contributed by atoms with Gasteiger partial charge in [-0.3, -0.25) is 9.59 Å². The summed E-state index contributed by atoms with van der Waals surface area (Å²) in [5.74, 6) is -0.385. The smallest absolute Gasteiger partial charge is 0.407 e. The largest absolute Gasteiger partial charge is 0.453 e. The fourth-order valence-corrected chi connectivity index (χ4v) is 5.14. The SMILES string of the molecule is CCCCNC(=O)[C@@H](C[C@H](O)[C@@H](N)CC(C)(C)CC(=O)N1C[C@H](NC(=O)OC)Cc2ccccc21)C(C)C.